The summed E-state index contributed by atoms with van der Waals surface area (Å²) < 4.78 is 0. The molecule has 0 aromatic heterocycles. The number of Topliss-reactive ketones (excluding diaryl/α,β-unsaturated/α-hetero) is 1. The maximum atomic E-state index is 12.1. The van der Waals surface area contributed by atoms with Gasteiger partial charge in [-0.2, -0.15) is 0 Å². The van der Waals surface area contributed by atoms with Gasteiger partial charge in [0, 0.05) is 49.7 Å². The smallest absolute Gasteiger partial charge is 0.164 e. The number of rotatable bonds is 6. The molecule has 1 aromatic rings. The van der Waals surface area contributed by atoms with Crippen LogP contribution in [0, 0.1) is 0 Å². The molecule has 1 saturated heterocycles. The molecule has 4 heteroatoms. The summed E-state index contributed by atoms with van der Waals surface area (Å²) in [6, 6.07) is 7.22. The van der Waals surface area contributed by atoms with Crippen LogP contribution in [0.5, 0.6) is 0 Å². The standard InChI is InChI=1S/C16H23ClN2O/c1-2-7-18-9-11-19(12-10-18)8-6-16(20)14-4-3-5-15(17)13-14/h3-5,13H,2,6-12H2,1H3. The fourth-order valence-corrected chi connectivity index (χ4v) is 2.81. The topological polar surface area (TPSA) is 23.6 Å². The Bertz CT molecular complexity index is 442. The summed E-state index contributed by atoms with van der Waals surface area (Å²) in [5, 5.41) is 0.629. The second-order valence-electron chi connectivity index (χ2n) is 5.37. The van der Waals surface area contributed by atoms with Gasteiger partial charge in [-0.3, -0.25) is 4.79 Å². The van der Waals surface area contributed by atoms with E-state index in [1.165, 1.54) is 13.0 Å². The summed E-state index contributed by atoms with van der Waals surface area (Å²) in [7, 11) is 0. The molecule has 1 aliphatic rings. The molecule has 3 nitrogen and oxygen atoms in total. The van der Waals surface area contributed by atoms with Gasteiger partial charge in [0.25, 0.3) is 0 Å². The van der Waals surface area contributed by atoms with Crippen LogP contribution in [-0.4, -0.2) is 54.9 Å². The van der Waals surface area contributed by atoms with Crippen molar-refractivity contribution in [1.29, 1.82) is 0 Å². The Balaban J connectivity index is 1.74. The lowest BCUT2D eigenvalue weighted by atomic mass is 10.1. The highest BCUT2D eigenvalue weighted by Gasteiger charge is 2.17. The van der Waals surface area contributed by atoms with Gasteiger partial charge in [0.05, 0.1) is 0 Å². The second-order valence-corrected chi connectivity index (χ2v) is 5.80. The molecule has 0 atom stereocenters. The number of nitrogens with zero attached hydrogens (tertiary/aromatic N) is 2. The van der Waals surface area contributed by atoms with Crippen molar-refractivity contribution in [2.75, 3.05) is 39.3 Å². The molecular weight excluding hydrogens is 272 g/mol. The number of piperazine rings is 1. The van der Waals surface area contributed by atoms with E-state index < -0.39 is 0 Å². The fraction of sp³-hybridized carbons (Fsp3) is 0.562. The van der Waals surface area contributed by atoms with Crippen molar-refractivity contribution in [2.24, 2.45) is 0 Å². The van der Waals surface area contributed by atoms with E-state index in [0.717, 1.165) is 38.3 Å². The highest BCUT2D eigenvalue weighted by molar-refractivity contribution is 6.31. The average molecular weight is 295 g/mol. The summed E-state index contributed by atoms with van der Waals surface area (Å²) in [6.45, 7) is 8.65. The summed E-state index contributed by atoms with van der Waals surface area (Å²) in [4.78, 5) is 17.0. The zero-order chi connectivity index (χ0) is 14.4. The highest BCUT2D eigenvalue weighted by Crippen LogP contribution is 2.13. The van der Waals surface area contributed by atoms with Crippen LogP contribution in [0.15, 0.2) is 24.3 Å². The molecule has 0 radical (unpaired) electrons. The Morgan fingerprint density at radius 3 is 2.40 bits per heavy atom. The van der Waals surface area contributed by atoms with Crippen LogP contribution < -0.4 is 0 Å². The quantitative estimate of drug-likeness (QED) is 0.754. The van der Waals surface area contributed by atoms with Crippen molar-refractivity contribution in [1.82, 2.24) is 9.80 Å². The zero-order valence-corrected chi connectivity index (χ0v) is 12.9. The van der Waals surface area contributed by atoms with Crippen molar-refractivity contribution in [3.8, 4) is 0 Å². The molecule has 0 unspecified atom stereocenters. The van der Waals surface area contributed by atoms with E-state index in [-0.39, 0.29) is 5.78 Å². The number of ketones is 1. The van der Waals surface area contributed by atoms with E-state index in [0.29, 0.717) is 11.4 Å². The molecule has 1 aliphatic heterocycles. The predicted molar refractivity (Wildman–Crippen MR) is 83.6 cm³/mol. The molecule has 1 fully saturated rings. The minimum absolute atomic E-state index is 0.184. The molecular formula is C16H23ClN2O. The molecule has 1 aromatic carbocycles. The Morgan fingerprint density at radius 2 is 1.80 bits per heavy atom. The number of carbonyl (C=O) groups is 1. The van der Waals surface area contributed by atoms with Gasteiger partial charge in [0.1, 0.15) is 0 Å². The highest BCUT2D eigenvalue weighted by atomic mass is 35.5. The van der Waals surface area contributed by atoms with Crippen molar-refractivity contribution in [3.63, 3.8) is 0 Å². The minimum atomic E-state index is 0.184. The van der Waals surface area contributed by atoms with E-state index in [9.17, 15) is 4.79 Å². The van der Waals surface area contributed by atoms with Gasteiger partial charge < -0.3 is 9.80 Å². The molecule has 0 saturated carbocycles. The molecule has 20 heavy (non-hydrogen) atoms. The Hall–Kier alpha value is -0.900. The first-order valence-electron chi connectivity index (χ1n) is 7.42. The molecule has 0 N–H and O–H groups in total. The van der Waals surface area contributed by atoms with Crippen molar-refractivity contribution in [3.05, 3.63) is 34.9 Å². The van der Waals surface area contributed by atoms with E-state index in [1.807, 2.05) is 12.1 Å². The minimum Gasteiger partial charge on any atom is -0.301 e. The summed E-state index contributed by atoms with van der Waals surface area (Å²) in [5.41, 5.74) is 0.724. The van der Waals surface area contributed by atoms with Gasteiger partial charge in [0.15, 0.2) is 5.78 Å². The number of halogens is 1. The number of hydrogen-bond acceptors (Lipinski definition) is 3. The van der Waals surface area contributed by atoms with Crippen LogP contribution in [0.1, 0.15) is 30.1 Å². The van der Waals surface area contributed by atoms with E-state index in [1.54, 1.807) is 12.1 Å². The average Bonchev–Trinajstić information content (AvgIpc) is 2.46. The van der Waals surface area contributed by atoms with Crippen LogP contribution in [-0.2, 0) is 0 Å². The monoisotopic (exact) mass is 294 g/mol. The predicted octanol–water partition coefficient (Wildman–Crippen LogP) is 2.94. The summed E-state index contributed by atoms with van der Waals surface area (Å²) >= 11 is 5.92. The lowest BCUT2D eigenvalue weighted by Crippen LogP contribution is -2.46. The Morgan fingerprint density at radius 1 is 1.15 bits per heavy atom. The van der Waals surface area contributed by atoms with Crippen LogP contribution in [0.3, 0.4) is 0 Å². The van der Waals surface area contributed by atoms with Gasteiger partial charge >= 0.3 is 0 Å². The molecule has 0 spiro atoms. The van der Waals surface area contributed by atoms with Crippen LogP contribution in [0.2, 0.25) is 5.02 Å². The number of carbonyl (C=O) groups excluding carboxylic acids is 1. The summed E-state index contributed by atoms with van der Waals surface area (Å²) in [6.07, 6.45) is 1.79. The van der Waals surface area contributed by atoms with Crippen molar-refractivity contribution in [2.45, 2.75) is 19.8 Å². The SMILES string of the molecule is CCCN1CCN(CCC(=O)c2cccc(Cl)c2)CC1. The molecule has 1 heterocycles. The maximum absolute atomic E-state index is 12.1. The lowest BCUT2D eigenvalue weighted by Gasteiger charge is -2.34. The van der Waals surface area contributed by atoms with E-state index in [4.69, 9.17) is 11.6 Å². The lowest BCUT2D eigenvalue weighted by molar-refractivity contribution is 0.0928. The molecule has 0 aliphatic carbocycles. The van der Waals surface area contributed by atoms with Gasteiger partial charge in [-0.1, -0.05) is 30.7 Å². The fourth-order valence-electron chi connectivity index (χ4n) is 2.62. The molecule has 0 amide bonds. The first kappa shape index (κ1) is 15.5. The first-order chi connectivity index (χ1) is 9.69. The maximum Gasteiger partial charge on any atom is 0.164 e. The zero-order valence-electron chi connectivity index (χ0n) is 12.1. The van der Waals surface area contributed by atoms with Gasteiger partial charge in [-0.15, -0.1) is 0 Å². The Labute approximate surface area is 126 Å². The number of benzene rings is 1. The normalized spacial score (nSPS) is 17.3. The van der Waals surface area contributed by atoms with Gasteiger partial charge in [-0.05, 0) is 25.1 Å². The van der Waals surface area contributed by atoms with E-state index >= 15 is 0 Å². The summed E-state index contributed by atoms with van der Waals surface area (Å²) in [5.74, 6) is 0.184. The largest absolute Gasteiger partial charge is 0.301 e. The van der Waals surface area contributed by atoms with E-state index in [2.05, 4.69) is 16.7 Å². The first-order valence-corrected chi connectivity index (χ1v) is 7.80. The second kappa shape index (κ2) is 7.77. The third kappa shape index (κ3) is 4.58. The van der Waals surface area contributed by atoms with Crippen molar-refractivity contribution >= 4 is 17.4 Å². The Kier molecular flexibility index (Phi) is 6.02. The third-order valence-electron chi connectivity index (χ3n) is 3.81. The van der Waals surface area contributed by atoms with Gasteiger partial charge in [-0.25, -0.2) is 0 Å². The molecule has 0 bridgehead atoms. The third-order valence-corrected chi connectivity index (χ3v) is 4.04. The van der Waals surface area contributed by atoms with Gasteiger partial charge in [0.2, 0.25) is 0 Å². The van der Waals surface area contributed by atoms with Crippen LogP contribution in [0.4, 0.5) is 0 Å². The number of hydrogen-bond donors (Lipinski definition) is 0. The van der Waals surface area contributed by atoms with Crippen molar-refractivity contribution < 1.29 is 4.79 Å². The van der Waals surface area contributed by atoms with Crippen LogP contribution >= 0.6 is 11.6 Å². The molecule has 2 rings (SSSR count). The molecule has 110 valence electrons. The van der Waals surface area contributed by atoms with Crippen LogP contribution in [0.25, 0.3) is 0 Å².